The van der Waals surface area contributed by atoms with Crippen LogP contribution in [0.1, 0.15) is 43.0 Å². The van der Waals surface area contributed by atoms with Gasteiger partial charge < -0.3 is 9.64 Å². The number of nitrogens with one attached hydrogen (secondary N) is 1. The highest BCUT2D eigenvalue weighted by Gasteiger charge is 2.28. The van der Waals surface area contributed by atoms with Gasteiger partial charge in [0.15, 0.2) is 0 Å². The molecule has 1 heterocycles. The van der Waals surface area contributed by atoms with E-state index in [4.69, 9.17) is 4.74 Å². The summed E-state index contributed by atoms with van der Waals surface area (Å²) in [4.78, 5) is 14.5. The molecule has 29 heavy (non-hydrogen) atoms. The molecule has 5 nitrogen and oxygen atoms in total. The third-order valence-corrected chi connectivity index (χ3v) is 5.50. The second-order valence-corrected chi connectivity index (χ2v) is 8.09. The molecule has 0 unspecified atom stereocenters. The van der Waals surface area contributed by atoms with Crippen LogP contribution in [0.25, 0.3) is 5.57 Å². The van der Waals surface area contributed by atoms with E-state index in [0.717, 1.165) is 22.4 Å². The fraction of sp³-hybridized carbons (Fsp3) is 0.333. The van der Waals surface area contributed by atoms with Crippen molar-refractivity contribution in [1.82, 2.24) is 5.43 Å². The van der Waals surface area contributed by atoms with E-state index in [1.165, 1.54) is 16.8 Å². The molecule has 0 fully saturated rings. The van der Waals surface area contributed by atoms with Gasteiger partial charge in [-0.25, -0.2) is 5.43 Å². The number of anilines is 1. The highest BCUT2D eigenvalue weighted by atomic mass is 16.5. The van der Waals surface area contributed by atoms with Crippen LogP contribution in [-0.2, 0) is 11.2 Å². The Morgan fingerprint density at radius 2 is 2.00 bits per heavy atom. The zero-order valence-corrected chi connectivity index (χ0v) is 18.0. The number of likely N-dealkylation sites (N-methyl/N-ethyl adjacent to an activating group) is 1. The molecule has 0 aromatic heterocycles. The number of methoxy groups -OCH3 is 1. The Hall–Kier alpha value is -3.08. The molecule has 0 spiro atoms. The zero-order chi connectivity index (χ0) is 21.2. The number of aryl methyl sites for hydroxylation is 1. The second-order valence-electron chi connectivity index (χ2n) is 8.09. The Morgan fingerprint density at radius 1 is 1.24 bits per heavy atom. The number of nitrogens with zero attached hydrogens (tertiary/aromatic N) is 2. The summed E-state index contributed by atoms with van der Waals surface area (Å²) in [5.74, 6) is 0.572. The molecule has 0 bridgehead atoms. The highest BCUT2D eigenvalue weighted by Crippen LogP contribution is 2.38. The van der Waals surface area contributed by atoms with Crippen LogP contribution in [0.2, 0.25) is 0 Å². The van der Waals surface area contributed by atoms with Gasteiger partial charge in [0.2, 0.25) is 5.91 Å². The molecule has 0 atom stereocenters. The van der Waals surface area contributed by atoms with Crippen molar-refractivity contribution in [2.75, 3.05) is 19.1 Å². The highest BCUT2D eigenvalue weighted by molar-refractivity contribution is 5.90. The van der Waals surface area contributed by atoms with Gasteiger partial charge in [-0.2, -0.15) is 5.10 Å². The number of amides is 1. The van der Waals surface area contributed by atoms with Crippen LogP contribution < -0.4 is 15.1 Å². The van der Waals surface area contributed by atoms with Crippen molar-refractivity contribution >= 4 is 23.4 Å². The SMILES string of the molecule is COc1cccc(CC(=O)N/N=C/c2cc3c(cc2C)N(C)C(C)(C)C=C3C)c1. The maximum Gasteiger partial charge on any atom is 0.244 e. The van der Waals surface area contributed by atoms with E-state index in [2.05, 4.69) is 68.4 Å². The number of carbonyl (C=O) groups excluding carboxylic acids is 1. The largest absolute Gasteiger partial charge is 0.497 e. The third-order valence-electron chi connectivity index (χ3n) is 5.50. The maximum atomic E-state index is 12.2. The molecule has 2 aromatic carbocycles. The van der Waals surface area contributed by atoms with Crippen LogP contribution in [0.3, 0.4) is 0 Å². The van der Waals surface area contributed by atoms with E-state index in [1.54, 1.807) is 13.3 Å². The summed E-state index contributed by atoms with van der Waals surface area (Å²) in [7, 11) is 3.73. The first-order chi connectivity index (χ1) is 13.7. The number of hydrogen-bond donors (Lipinski definition) is 1. The van der Waals surface area contributed by atoms with Gasteiger partial charge in [0.05, 0.1) is 25.3 Å². The Morgan fingerprint density at radius 3 is 2.72 bits per heavy atom. The van der Waals surface area contributed by atoms with Crippen molar-refractivity contribution < 1.29 is 9.53 Å². The Balaban J connectivity index is 1.73. The van der Waals surface area contributed by atoms with Gasteiger partial charge in [-0.05, 0) is 74.2 Å². The van der Waals surface area contributed by atoms with Gasteiger partial charge in [-0.15, -0.1) is 0 Å². The third kappa shape index (κ3) is 4.50. The monoisotopic (exact) mass is 391 g/mol. The lowest BCUT2D eigenvalue weighted by Crippen LogP contribution is -2.42. The summed E-state index contributed by atoms with van der Waals surface area (Å²) >= 11 is 0. The Bertz CT molecular complexity index is 990. The van der Waals surface area contributed by atoms with Gasteiger partial charge in [-0.3, -0.25) is 4.79 Å². The van der Waals surface area contributed by atoms with E-state index in [9.17, 15) is 4.79 Å². The van der Waals surface area contributed by atoms with Gasteiger partial charge in [0, 0.05) is 18.3 Å². The average molecular weight is 392 g/mol. The molecule has 3 rings (SSSR count). The van der Waals surface area contributed by atoms with E-state index >= 15 is 0 Å². The average Bonchev–Trinajstić information content (AvgIpc) is 2.67. The fourth-order valence-electron chi connectivity index (χ4n) is 3.64. The number of allylic oxidation sites excluding steroid dienone is 1. The van der Waals surface area contributed by atoms with Crippen molar-refractivity contribution in [3.63, 3.8) is 0 Å². The molecule has 1 aliphatic rings. The first-order valence-electron chi connectivity index (χ1n) is 9.74. The van der Waals surface area contributed by atoms with E-state index in [1.807, 2.05) is 24.3 Å². The van der Waals surface area contributed by atoms with Gasteiger partial charge in [0.25, 0.3) is 0 Å². The maximum absolute atomic E-state index is 12.2. The summed E-state index contributed by atoms with van der Waals surface area (Å²) in [6.45, 7) is 8.62. The first-order valence-corrected chi connectivity index (χ1v) is 9.74. The van der Waals surface area contributed by atoms with Crippen LogP contribution in [0.5, 0.6) is 5.75 Å². The molecule has 1 aliphatic heterocycles. The van der Waals surface area contributed by atoms with Crippen LogP contribution in [0, 0.1) is 6.92 Å². The van der Waals surface area contributed by atoms with Gasteiger partial charge in [-0.1, -0.05) is 18.2 Å². The molecule has 0 saturated heterocycles. The molecule has 0 saturated carbocycles. The quantitative estimate of drug-likeness (QED) is 0.610. The standard InChI is InChI=1S/C24H29N3O2/c1-16-10-22-21(17(2)14-24(3,4)27(22)5)13-19(16)15-25-26-23(28)12-18-8-7-9-20(11-18)29-6/h7-11,13-15H,12H2,1-6H3,(H,26,28)/b25-15+. The molecule has 0 aliphatic carbocycles. The molecule has 1 N–H and O–H groups in total. The molecule has 2 aromatic rings. The smallest absolute Gasteiger partial charge is 0.244 e. The first kappa shape index (κ1) is 20.6. The number of ether oxygens (including phenoxy) is 1. The Kier molecular flexibility index (Phi) is 5.78. The van der Waals surface area contributed by atoms with Crippen molar-refractivity contribution in [2.45, 2.75) is 39.7 Å². The lowest BCUT2D eigenvalue weighted by Gasteiger charge is -2.41. The summed E-state index contributed by atoms with van der Waals surface area (Å²) < 4.78 is 5.19. The second kappa shape index (κ2) is 8.11. The summed E-state index contributed by atoms with van der Waals surface area (Å²) in [6.07, 6.45) is 4.24. The van der Waals surface area contributed by atoms with E-state index in [-0.39, 0.29) is 17.9 Å². The molecule has 0 radical (unpaired) electrons. The normalized spacial score (nSPS) is 15.1. The van der Waals surface area contributed by atoms with Crippen molar-refractivity contribution in [3.05, 3.63) is 64.7 Å². The van der Waals surface area contributed by atoms with Crippen LogP contribution in [0.15, 0.2) is 47.6 Å². The number of rotatable bonds is 5. The minimum atomic E-state index is -0.164. The molecular formula is C24H29N3O2. The number of hydrogen-bond acceptors (Lipinski definition) is 4. The number of fused-ring (bicyclic) bond motifs is 1. The zero-order valence-electron chi connectivity index (χ0n) is 18.0. The molecule has 152 valence electrons. The topological polar surface area (TPSA) is 53.9 Å². The lowest BCUT2D eigenvalue weighted by molar-refractivity contribution is -0.120. The number of benzene rings is 2. The molecule has 5 heteroatoms. The summed E-state index contributed by atoms with van der Waals surface area (Å²) in [5.41, 5.74) is 9.25. The van der Waals surface area contributed by atoms with Crippen LogP contribution >= 0.6 is 0 Å². The van der Waals surface area contributed by atoms with Crippen molar-refractivity contribution in [2.24, 2.45) is 5.10 Å². The lowest BCUT2D eigenvalue weighted by atomic mass is 9.87. The molecular weight excluding hydrogens is 362 g/mol. The fourth-order valence-corrected chi connectivity index (χ4v) is 3.64. The van der Waals surface area contributed by atoms with E-state index in [0.29, 0.717) is 0 Å². The van der Waals surface area contributed by atoms with Crippen LogP contribution in [0.4, 0.5) is 5.69 Å². The van der Waals surface area contributed by atoms with Gasteiger partial charge in [0.1, 0.15) is 5.75 Å². The summed E-state index contributed by atoms with van der Waals surface area (Å²) in [6, 6.07) is 11.8. The number of hydrazone groups is 1. The Labute approximate surface area is 173 Å². The summed E-state index contributed by atoms with van der Waals surface area (Å²) in [5, 5.41) is 4.17. The molecule has 1 amide bonds. The minimum Gasteiger partial charge on any atom is -0.497 e. The van der Waals surface area contributed by atoms with Gasteiger partial charge >= 0.3 is 0 Å². The van der Waals surface area contributed by atoms with E-state index < -0.39 is 0 Å². The predicted octanol–water partition coefficient (Wildman–Crippen LogP) is 4.33. The predicted molar refractivity (Wildman–Crippen MR) is 120 cm³/mol. The number of carbonyl (C=O) groups is 1. The van der Waals surface area contributed by atoms with Crippen molar-refractivity contribution in [1.29, 1.82) is 0 Å². The minimum absolute atomic E-state index is 0.0206. The van der Waals surface area contributed by atoms with Crippen LogP contribution in [-0.4, -0.2) is 31.8 Å². The van der Waals surface area contributed by atoms with Crippen molar-refractivity contribution in [3.8, 4) is 5.75 Å².